The lowest BCUT2D eigenvalue weighted by atomic mass is 9.71. The average Bonchev–Trinajstić information content (AvgIpc) is 2.65. The smallest absolute Gasteiger partial charge is 0.389 e. The first-order chi connectivity index (χ1) is 13.2. The van der Waals surface area contributed by atoms with Gasteiger partial charge in [0.05, 0.1) is 5.60 Å². The number of carbonyl (C=O) groups excluding carboxylic acids is 1. The Morgan fingerprint density at radius 2 is 2.00 bits per heavy atom. The van der Waals surface area contributed by atoms with Crippen LogP contribution in [0.15, 0.2) is 0 Å². The molecule has 5 nitrogen and oxygen atoms in total. The van der Waals surface area contributed by atoms with E-state index in [1.807, 2.05) is 0 Å². The maximum absolute atomic E-state index is 13.5. The van der Waals surface area contributed by atoms with Crippen LogP contribution in [0.3, 0.4) is 0 Å². The number of likely N-dealkylation sites (tertiary alicyclic amines) is 1. The van der Waals surface area contributed by atoms with Crippen LogP contribution in [-0.2, 0) is 23.8 Å². The highest BCUT2D eigenvalue weighted by atomic mass is 19.4. The van der Waals surface area contributed by atoms with Gasteiger partial charge >= 0.3 is 6.18 Å². The largest absolute Gasteiger partial charge is 0.433 e. The number of piperidine rings is 1. The fourth-order valence-electron chi connectivity index (χ4n) is 5.21. The molecule has 1 N–H and O–H groups in total. The van der Waals surface area contributed by atoms with E-state index in [1.54, 1.807) is 4.90 Å². The Morgan fingerprint density at radius 3 is 2.75 bits per heavy atom. The highest BCUT2D eigenvalue weighted by Gasteiger charge is 2.45. The Labute approximate surface area is 162 Å². The first kappa shape index (κ1) is 19.6. The zero-order valence-corrected chi connectivity index (χ0v) is 16.1. The number of aromatic nitrogens is 2. The number of amides is 1. The molecular formula is C20H26F3N3O2. The number of aryl methyl sites for hydroxylation is 2. The SMILES string of the molecule is Cc1nc2c(c(C(F)(F)F)n1)C[C@H](C(=O)N1CC[C@@]3(O)CCCC[C@H]3C1)CC2. The Balaban J connectivity index is 1.52. The van der Waals surface area contributed by atoms with E-state index in [1.165, 1.54) is 6.92 Å². The minimum absolute atomic E-state index is 0.0364. The highest BCUT2D eigenvalue weighted by molar-refractivity contribution is 5.79. The van der Waals surface area contributed by atoms with Crippen molar-refractivity contribution in [1.82, 2.24) is 14.9 Å². The standard InChI is InChI=1S/C20H26F3N3O2/c1-12-24-16-6-5-13(10-15(16)17(25-12)20(21,22)23)18(27)26-9-8-19(28)7-3-2-4-14(19)11-26/h13-14,28H,2-11H2,1H3/t13-,14+,19+/m1/s1. The zero-order valence-electron chi connectivity index (χ0n) is 16.1. The second kappa shape index (κ2) is 6.97. The number of rotatable bonds is 1. The summed E-state index contributed by atoms with van der Waals surface area (Å²) in [7, 11) is 0. The van der Waals surface area contributed by atoms with Gasteiger partial charge in [-0.3, -0.25) is 4.79 Å². The summed E-state index contributed by atoms with van der Waals surface area (Å²) in [6.07, 6.45) is 0.660. The fraction of sp³-hybridized carbons (Fsp3) is 0.750. The van der Waals surface area contributed by atoms with E-state index in [9.17, 15) is 23.1 Å². The summed E-state index contributed by atoms with van der Waals surface area (Å²) < 4.78 is 40.4. The maximum atomic E-state index is 13.5. The van der Waals surface area contributed by atoms with Crippen molar-refractivity contribution in [3.05, 3.63) is 22.8 Å². The van der Waals surface area contributed by atoms with Gasteiger partial charge in [0.15, 0.2) is 5.69 Å². The molecule has 1 saturated carbocycles. The maximum Gasteiger partial charge on any atom is 0.433 e. The van der Waals surface area contributed by atoms with Crippen LogP contribution in [0.1, 0.15) is 61.3 Å². The van der Waals surface area contributed by atoms with Crippen LogP contribution in [0.4, 0.5) is 13.2 Å². The Kier molecular flexibility index (Phi) is 4.88. The first-order valence-corrected chi connectivity index (χ1v) is 10.1. The molecule has 8 heteroatoms. The molecule has 154 valence electrons. The lowest BCUT2D eigenvalue weighted by molar-refractivity contribution is -0.149. The summed E-state index contributed by atoms with van der Waals surface area (Å²) in [5, 5.41) is 10.8. The molecule has 0 radical (unpaired) electrons. The van der Waals surface area contributed by atoms with Gasteiger partial charge in [0.25, 0.3) is 0 Å². The molecule has 1 amide bonds. The highest BCUT2D eigenvalue weighted by Crippen LogP contribution is 2.41. The van der Waals surface area contributed by atoms with Crippen LogP contribution in [0.5, 0.6) is 0 Å². The first-order valence-electron chi connectivity index (χ1n) is 10.1. The molecular weight excluding hydrogens is 371 g/mol. The van der Waals surface area contributed by atoms with Gasteiger partial charge in [-0.2, -0.15) is 13.2 Å². The molecule has 0 spiro atoms. The predicted molar refractivity (Wildman–Crippen MR) is 95.4 cm³/mol. The number of halogens is 3. The van der Waals surface area contributed by atoms with Crippen molar-refractivity contribution in [1.29, 1.82) is 0 Å². The molecule has 1 aliphatic heterocycles. The molecule has 1 aromatic heterocycles. The van der Waals surface area contributed by atoms with E-state index in [-0.39, 0.29) is 29.6 Å². The molecule has 2 heterocycles. The van der Waals surface area contributed by atoms with Crippen molar-refractivity contribution in [2.45, 2.75) is 70.1 Å². The lowest BCUT2D eigenvalue weighted by Crippen LogP contribution is -2.55. The van der Waals surface area contributed by atoms with Gasteiger partial charge in [0.1, 0.15) is 5.82 Å². The molecule has 4 rings (SSSR count). The lowest BCUT2D eigenvalue weighted by Gasteiger charge is -2.48. The molecule has 28 heavy (non-hydrogen) atoms. The number of aliphatic hydroxyl groups is 1. The van der Waals surface area contributed by atoms with Gasteiger partial charge in [-0.25, -0.2) is 9.97 Å². The topological polar surface area (TPSA) is 66.3 Å². The molecule has 3 aliphatic rings. The van der Waals surface area contributed by atoms with Crippen LogP contribution < -0.4 is 0 Å². The van der Waals surface area contributed by atoms with Crippen molar-refractivity contribution < 1.29 is 23.1 Å². The molecule has 1 saturated heterocycles. The van der Waals surface area contributed by atoms with E-state index >= 15 is 0 Å². The van der Waals surface area contributed by atoms with E-state index in [0.717, 1.165) is 25.7 Å². The third-order valence-electron chi connectivity index (χ3n) is 6.74. The van der Waals surface area contributed by atoms with Gasteiger partial charge in [-0.1, -0.05) is 12.8 Å². The second-order valence-corrected chi connectivity index (χ2v) is 8.56. The summed E-state index contributed by atoms with van der Waals surface area (Å²) in [5.74, 6) is -0.378. The Hall–Kier alpha value is -1.70. The van der Waals surface area contributed by atoms with Crippen LogP contribution in [-0.4, -0.2) is 44.6 Å². The van der Waals surface area contributed by atoms with E-state index < -0.39 is 23.4 Å². The van der Waals surface area contributed by atoms with Crippen molar-refractivity contribution in [3.8, 4) is 0 Å². The number of carbonyl (C=O) groups is 1. The fourth-order valence-corrected chi connectivity index (χ4v) is 5.21. The second-order valence-electron chi connectivity index (χ2n) is 8.56. The molecule has 0 bridgehead atoms. The predicted octanol–water partition coefficient (Wildman–Crippen LogP) is 3.06. The van der Waals surface area contributed by atoms with Crippen molar-refractivity contribution in [2.75, 3.05) is 13.1 Å². The molecule has 2 fully saturated rings. The van der Waals surface area contributed by atoms with Crippen molar-refractivity contribution in [2.24, 2.45) is 11.8 Å². The van der Waals surface area contributed by atoms with Crippen molar-refractivity contribution >= 4 is 5.91 Å². The van der Waals surface area contributed by atoms with Gasteiger partial charge < -0.3 is 10.0 Å². The molecule has 3 atom stereocenters. The Bertz CT molecular complexity index is 783. The monoisotopic (exact) mass is 397 g/mol. The molecule has 2 aliphatic carbocycles. The third-order valence-corrected chi connectivity index (χ3v) is 6.74. The number of hydrogen-bond acceptors (Lipinski definition) is 4. The summed E-state index contributed by atoms with van der Waals surface area (Å²) >= 11 is 0. The van der Waals surface area contributed by atoms with Crippen molar-refractivity contribution in [3.63, 3.8) is 0 Å². The van der Waals surface area contributed by atoms with Crippen LogP contribution in [0, 0.1) is 18.8 Å². The number of nitrogens with zero attached hydrogens (tertiary/aromatic N) is 3. The van der Waals surface area contributed by atoms with E-state index in [4.69, 9.17) is 0 Å². The average molecular weight is 397 g/mol. The number of alkyl halides is 3. The minimum atomic E-state index is -4.55. The molecule has 0 aromatic carbocycles. The summed E-state index contributed by atoms with van der Waals surface area (Å²) in [6.45, 7) is 2.45. The molecule has 0 unspecified atom stereocenters. The minimum Gasteiger partial charge on any atom is -0.389 e. The zero-order chi connectivity index (χ0) is 20.1. The van der Waals surface area contributed by atoms with E-state index in [2.05, 4.69) is 9.97 Å². The van der Waals surface area contributed by atoms with E-state index in [0.29, 0.717) is 38.0 Å². The third kappa shape index (κ3) is 3.51. The Morgan fingerprint density at radius 1 is 1.21 bits per heavy atom. The quantitative estimate of drug-likeness (QED) is 0.791. The van der Waals surface area contributed by atoms with Crippen LogP contribution in [0.2, 0.25) is 0 Å². The van der Waals surface area contributed by atoms with Crippen LogP contribution >= 0.6 is 0 Å². The van der Waals surface area contributed by atoms with Gasteiger partial charge in [0, 0.05) is 36.2 Å². The van der Waals surface area contributed by atoms with Gasteiger partial charge in [-0.15, -0.1) is 0 Å². The summed E-state index contributed by atoms with van der Waals surface area (Å²) in [4.78, 5) is 22.7. The van der Waals surface area contributed by atoms with Gasteiger partial charge in [0.2, 0.25) is 5.91 Å². The summed E-state index contributed by atoms with van der Waals surface area (Å²) in [5.41, 5.74) is -1.07. The number of fused-ring (bicyclic) bond motifs is 2. The summed E-state index contributed by atoms with van der Waals surface area (Å²) in [6, 6.07) is 0. The van der Waals surface area contributed by atoms with Crippen LogP contribution in [0.25, 0.3) is 0 Å². The van der Waals surface area contributed by atoms with Gasteiger partial charge in [-0.05, 0) is 45.4 Å². The molecule has 1 aromatic rings. The number of hydrogen-bond donors (Lipinski definition) is 1. The normalized spacial score (nSPS) is 30.5.